The van der Waals surface area contributed by atoms with Crippen molar-refractivity contribution < 1.29 is 8.42 Å². The first-order valence-electron chi connectivity index (χ1n) is 6.96. The van der Waals surface area contributed by atoms with Crippen LogP contribution in [0.25, 0.3) is 0 Å². The molecule has 0 saturated heterocycles. The molecule has 0 bridgehead atoms. The minimum atomic E-state index is -3.22. The Kier molecular flexibility index (Phi) is 5.91. The quantitative estimate of drug-likeness (QED) is 0.699. The third kappa shape index (κ3) is 5.84. The zero-order valence-electron chi connectivity index (χ0n) is 13.3. The van der Waals surface area contributed by atoms with Gasteiger partial charge in [0.25, 0.3) is 0 Å². The van der Waals surface area contributed by atoms with Gasteiger partial charge in [-0.05, 0) is 14.0 Å². The highest BCUT2D eigenvalue weighted by Gasteiger charge is 2.19. The first kappa shape index (κ1) is 17.6. The van der Waals surface area contributed by atoms with Crippen LogP contribution in [-0.4, -0.2) is 44.3 Å². The minimum Gasteiger partial charge on any atom is -0.370 e. The number of hydrogen-bond donors (Lipinski definition) is 3. The Morgan fingerprint density at radius 2 is 1.71 bits per heavy atom. The maximum absolute atomic E-state index is 11.4. The van der Waals surface area contributed by atoms with Crippen LogP contribution in [-0.2, 0) is 15.4 Å². The molecule has 0 saturated carbocycles. The van der Waals surface area contributed by atoms with Crippen molar-refractivity contribution in [2.75, 3.05) is 36.5 Å². The van der Waals surface area contributed by atoms with Crippen LogP contribution in [0, 0.1) is 0 Å². The summed E-state index contributed by atoms with van der Waals surface area (Å²) in [7, 11) is -1.82. The van der Waals surface area contributed by atoms with Crippen LogP contribution in [0.2, 0.25) is 0 Å². The lowest BCUT2D eigenvalue weighted by Crippen LogP contribution is -2.26. The van der Waals surface area contributed by atoms with Crippen molar-refractivity contribution in [1.29, 1.82) is 0 Å². The van der Waals surface area contributed by atoms with Crippen molar-refractivity contribution in [3.05, 3.63) is 11.9 Å². The van der Waals surface area contributed by atoms with Gasteiger partial charge in [-0.3, -0.25) is 0 Å². The number of hydrogen-bond acceptors (Lipinski definition) is 6. The molecule has 0 aliphatic carbocycles. The van der Waals surface area contributed by atoms with Crippen molar-refractivity contribution in [2.24, 2.45) is 0 Å². The van der Waals surface area contributed by atoms with Crippen LogP contribution in [0.5, 0.6) is 0 Å². The summed E-state index contributed by atoms with van der Waals surface area (Å²) in [5, 5.41) is 6.19. The predicted molar refractivity (Wildman–Crippen MR) is 86.2 cm³/mol. The summed E-state index contributed by atoms with van der Waals surface area (Å²) in [6.07, 6.45) is 0. The van der Waals surface area contributed by atoms with Crippen LogP contribution < -0.4 is 15.4 Å². The topological polar surface area (TPSA) is 96.0 Å². The SMILES string of the molecule is CCNc1cc(NCCS(=O)(=O)NC)nc(C(C)(C)C)n1. The maximum Gasteiger partial charge on any atom is 0.213 e. The molecule has 0 aliphatic heterocycles. The molecule has 1 aromatic rings. The smallest absolute Gasteiger partial charge is 0.213 e. The summed E-state index contributed by atoms with van der Waals surface area (Å²) >= 11 is 0. The third-order valence-electron chi connectivity index (χ3n) is 2.74. The second-order valence-electron chi connectivity index (χ2n) is 5.69. The largest absolute Gasteiger partial charge is 0.370 e. The fraction of sp³-hybridized carbons (Fsp3) is 0.692. The van der Waals surface area contributed by atoms with Gasteiger partial charge < -0.3 is 10.6 Å². The van der Waals surface area contributed by atoms with Crippen LogP contribution in [0.15, 0.2) is 6.07 Å². The molecule has 1 heterocycles. The molecule has 1 rings (SSSR count). The van der Waals surface area contributed by atoms with Gasteiger partial charge in [-0.25, -0.2) is 23.1 Å². The minimum absolute atomic E-state index is 0.00507. The second-order valence-corrected chi connectivity index (χ2v) is 7.74. The fourth-order valence-corrected chi connectivity index (χ4v) is 2.14. The Hall–Kier alpha value is -1.41. The van der Waals surface area contributed by atoms with Crippen molar-refractivity contribution in [1.82, 2.24) is 14.7 Å². The van der Waals surface area contributed by atoms with Gasteiger partial charge >= 0.3 is 0 Å². The molecule has 8 heteroatoms. The molecule has 21 heavy (non-hydrogen) atoms. The molecule has 0 radical (unpaired) electrons. The van der Waals surface area contributed by atoms with Gasteiger partial charge in [0.15, 0.2) is 0 Å². The molecule has 120 valence electrons. The summed E-state index contributed by atoms with van der Waals surface area (Å²) in [6, 6.07) is 1.78. The fourth-order valence-electron chi connectivity index (χ4n) is 1.56. The molecule has 0 fully saturated rings. The summed E-state index contributed by atoms with van der Waals surface area (Å²) in [5.41, 5.74) is -0.182. The van der Waals surface area contributed by atoms with Crippen LogP contribution in [0.4, 0.5) is 11.6 Å². The molecule has 0 amide bonds. The lowest BCUT2D eigenvalue weighted by atomic mass is 9.96. The number of nitrogens with zero attached hydrogens (tertiary/aromatic N) is 2. The van der Waals surface area contributed by atoms with Crippen molar-refractivity contribution in [3.63, 3.8) is 0 Å². The number of aromatic nitrogens is 2. The summed E-state index contributed by atoms with van der Waals surface area (Å²) in [5.74, 6) is 2.06. The molecule has 0 atom stereocenters. The number of nitrogens with one attached hydrogen (secondary N) is 3. The van der Waals surface area contributed by atoms with Gasteiger partial charge in [-0.2, -0.15) is 0 Å². The van der Waals surface area contributed by atoms with Gasteiger partial charge in [-0.15, -0.1) is 0 Å². The lowest BCUT2D eigenvalue weighted by Gasteiger charge is -2.19. The molecular weight excluding hydrogens is 290 g/mol. The maximum atomic E-state index is 11.4. The molecule has 0 aliphatic rings. The molecule has 7 nitrogen and oxygen atoms in total. The molecule has 3 N–H and O–H groups in total. The average molecular weight is 315 g/mol. The van der Waals surface area contributed by atoms with E-state index in [2.05, 4.69) is 25.3 Å². The Bertz CT molecular complexity index is 566. The van der Waals surface area contributed by atoms with Crippen LogP contribution in [0.1, 0.15) is 33.5 Å². The third-order valence-corrected chi connectivity index (χ3v) is 4.11. The molecule has 0 aromatic carbocycles. The second kappa shape index (κ2) is 7.04. The molecule has 0 unspecified atom stereocenters. The molecule has 0 spiro atoms. The van der Waals surface area contributed by atoms with E-state index in [1.807, 2.05) is 27.7 Å². The Morgan fingerprint density at radius 1 is 1.14 bits per heavy atom. The van der Waals surface area contributed by atoms with Crippen molar-refractivity contribution >= 4 is 21.7 Å². The van der Waals surface area contributed by atoms with Gasteiger partial charge in [0, 0.05) is 24.6 Å². The Balaban J connectivity index is 2.88. The summed E-state index contributed by atoms with van der Waals surface area (Å²) in [6.45, 7) is 9.14. The lowest BCUT2D eigenvalue weighted by molar-refractivity contribution is 0.546. The van der Waals surface area contributed by atoms with Gasteiger partial charge in [-0.1, -0.05) is 20.8 Å². The normalized spacial score (nSPS) is 12.2. The number of rotatable bonds is 7. The zero-order chi connectivity index (χ0) is 16.1. The number of sulfonamides is 1. The summed E-state index contributed by atoms with van der Waals surface area (Å²) < 4.78 is 25.1. The highest BCUT2D eigenvalue weighted by Crippen LogP contribution is 2.22. The van der Waals surface area contributed by atoms with E-state index in [4.69, 9.17) is 0 Å². The van der Waals surface area contributed by atoms with E-state index in [0.717, 1.165) is 12.4 Å². The molecule has 1 aromatic heterocycles. The van der Waals surface area contributed by atoms with Crippen molar-refractivity contribution in [2.45, 2.75) is 33.1 Å². The van der Waals surface area contributed by atoms with Crippen LogP contribution >= 0.6 is 0 Å². The molecular formula is C13H25N5O2S. The Morgan fingerprint density at radius 3 is 2.19 bits per heavy atom. The van der Waals surface area contributed by atoms with E-state index < -0.39 is 10.0 Å². The monoisotopic (exact) mass is 315 g/mol. The van der Waals surface area contributed by atoms with E-state index >= 15 is 0 Å². The first-order valence-corrected chi connectivity index (χ1v) is 8.61. The van der Waals surface area contributed by atoms with Gasteiger partial charge in [0.2, 0.25) is 10.0 Å². The van der Waals surface area contributed by atoms with E-state index in [0.29, 0.717) is 11.6 Å². The highest BCUT2D eigenvalue weighted by atomic mass is 32.2. The van der Waals surface area contributed by atoms with Crippen molar-refractivity contribution in [3.8, 4) is 0 Å². The summed E-state index contributed by atoms with van der Waals surface area (Å²) in [4.78, 5) is 8.93. The van der Waals surface area contributed by atoms with E-state index in [9.17, 15) is 8.42 Å². The zero-order valence-corrected chi connectivity index (χ0v) is 14.1. The van der Waals surface area contributed by atoms with E-state index in [1.54, 1.807) is 6.07 Å². The van der Waals surface area contributed by atoms with E-state index in [1.165, 1.54) is 7.05 Å². The standard InChI is InChI=1S/C13H25N5O2S/c1-6-15-10-9-11(16-7-8-21(19,20)14-5)18-12(17-10)13(2,3)4/h9,14H,6-8H2,1-5H3,(H2,15,16,17,18). The first-order chi connectivity index (χ1) is 9.68. The van der Waals surface area contributed by atoms with Gasteiger partial charge in [0.05, 0.1) is 5.75 Å². The predicted octanol–water partition coefficient (Wildman–Crippen LogP) is 1.17. The van der Waals surface area contributed by atoms with Gasteiger partial charge in [0.1, 0.15) is 17.5 Å². The van der Waals surface area contributed by atoms with Crippen LogP contribution in [0.3, 0.4) is 0 Å². The average Bonchev–Trinajstić information content (AvgIpc) is 2.38. The highest BCUT2D eigenvalue weighted by molar-refractivity contribution is 7.89. The number of anilines is 2. The van der Waals surface area contributed by atoms with E-state index in [-0.39, 0.29) is 17.7 Å². The Labute approximate surface area is 127 Å².